The monoisotopic (exact) mass is 318 g/mol. The normalized spacial score (nSPS) is 15.2. The van der Waals surface area contributed by atoms with Gasteiger partial charge in [0.1, 0.15) is 5.82 Å². The Morgan fingerprint density at radius 1 is 1.10 bits per heavy atom. The molecular weight excluding hydrogens is 302 g/mol. The summed E-state index contributed by atoms with van der Waals surface area (Å²) in [6, 6.07) is 6.27. The molecule has 4 nitrogen and oxygen atoms in total. The highest BCUT2D eigenvalue weighted by Gasteiger charge is 2.18. The molecule has 0 amide bonds. The van der Waals surface area contributed by atoms with Crippen molar-refractivity contribution < 1.29 is 4.39 Å². The van der Waals surface area contributed by atoms with Gasteiger partial charge < -0.3 is 5.32 Å². The van der Waals surface area contributed by atoms with E-state index in [1.807, 2.05) is 6.20 Å². The molecule has 0 radical (unpaired) electrons. The lowest BCUT2D eigenvalue weighted by Gasteiger charge is -2.19. The third-order valence-corrected chi connectivity index (χ3v) is 3.36. The third kappa shape index (κ3) is 3.69. The fourth-order valence-electron chi connectivity index (χ4n) is 2.30. The van der Waals surface area contributed by atoms with Crippen LogP contribution in [-0.2, 0) is 0 Å². The molecule has 1 aliphatic rings. The van der Waals surface area contributed by atoms with Gasteiger partial charge in [-0.25, -0.2) is 9.07 Å². The number of piperidine rings is 1. The summed E-state index contributed by atoms with van der Waals surface area (Å²) in [7, 11) is 0. The van der Waals surface area contributed by atoms with Gasteiger partial charge in [0.15, 0.2) is 0 Å². The standard InChI is InChI=1S/C13H15FN4.2ClH/c14-11-1-3-12(4-2-11)18-9-13(16-17-18)10-5-7-15-8-6-10;;/h1-4,9-10,15H,5-8H2;2*1H. The first kappa shape index (κ1) is 16.9. The van der Waals surface area contributed by atoms with Crippen molar-refractivity contribution in [1.29, 1.82) is 0 Å². The Hall–Kier alpha value is -1.17. The topological polar surface area (TPSA) is 42.7 Å². The molecule has 1 fully saturated rings. The average Bonchev–Trinajstić information content (AvgIpc) is 2.90. The molecule has 2 heterocycles. The average molecular weight is 319 g/mol. The summed E-state index contributed by atoms with van der Waals surface area (Å²) in [5, 5.41) is 11.7. The molecule has 3 rings (SSSR count). The zero-order valence-corrected chi connectivity index (χ0v) is 12.5. The van der Waals surface area contributed by atoms with E-state index in [4.69, 9.17) is 0 Å². The van der Waals surface area contributed by atoms with Crippen LogP contribution in [0.25, 0.3) is 5.69 Å². The number of hydrogen-bond donors (Lipinski definition) is 1. The van der Waals surface area contributed by atoms with Gasteiger partial charge in [0, 0.05) is 5.92 Å². The van der Waals surface area contributed by atoms with E-state index < -0.39 is 0 Å². The highest BCUT2D eigenvalue weighted by atomic mass is 35.5. The molecule has 1 aromatic heterocycles. The molecule has 0 aliphatic carbocycles. The molecule has 20 heavy (non-hydrogen) atoms. The van der Waals surface area contributed by atoms with Crippen molar-refractivity contribution in [3.8, 4) is 5.69 Å². The summed E-state index contributed by atoms with van der Waals surface area (Å²) in [5.74, 6) is 0.248. The molecule has 2 aromatic rings. The van der Waals surface area contributed by atoms with Crippen LogP contribution >= 0.6 is 24.8 Å². The van der Waals surface area contributed by atoms with Crippen molar-refractivity contribution in [2.75, 3.05) is 13.1 Å². The fraction of sp³-hybridized carbons (Fsp3) is 0.385. The maximum atomic E-state index is 12.8. The number of hydrogen-bond acceptors (Lipinski definition) is 3. The lowest BCUT2D eigenvalue weighted by Crippen LogP contribution is -2.26. The van der Waals surface area contributed by atoms with E-state index in [2.05, 4.69) is 15.6 Å². The van der Waals surface area contributed by atoms with Gasteiger partial charge in [-0.3, -0.25) is 0 Å². The van der Waals surface area contributed by atoms with Crippen molar-refractivity contribution in [3.63, 3.8) is 0 Å². The van der Waals surface area contributed by atoms with Gasteiger partial charge in [-0.15, -0.1) is 29.9 Å². The zero-order valence-electron chi connectivity index (χ0n) is 10.8. The van der Waals surface area contributed by atoms with Crippen molar-refractivity contribution in [2.45, 2.75) is 18.8 Å². The predicted molar refractivity (Wildman–Crippen MR) is 80.7 cm³/mol. The molecule has 110 valence electrons. The van der Waals surface area contributed by atoms with E-state index in [-0.39, 0.29) is 30.6 Å². The van der Waals surface area contributed by atoms with E-state index in [0.717, 1.165) is 37.3 Å². The third-order valence-electron chi connectivity index (χ3n) is 3.36. The minimum absolute atomic E-state index is 0. The van der Waals surface area contributed by atoms with Crippen LogP contribution in [-0.4, -0.2) is 28.1 Å². The summed E-state index contributed by atoms with van der Waals surface area (Å²) in [6.45, 7) is 2.07. The van der Waals surface area contributed by atoms with Crippen molar-refractivity contribution in [1.82, 2.24) is 20.3 Å². The Labute approximate surface area is 129 Å². The van der Waals surface area contributed by atoms with Gasteiger partial charge in [0.25, 0.3) is 0 Å². The lowest BCUT2D eigenvalue weighted by molar-refractivity contribution is 0.453. The second kappa shape index (κ2) is 7.57. The summed E-state index contributed by atoms with van der Waals surface area (Å²) in [4.78, 5) is 0. The summed E-state index contributed by atoms with van der Waals surface area (Å²) in [5.41, 5.74) is 1.87. The van der Waals surface area contributed by atoms with Gasteiger partial charge in [0.05, 0.1) is 17.6 Å². The van der Waals surface area contributed by atoms with E-state index >= 15 is 0 Å². The molecule has 0 unspecified atom stereocenters. The van der Waals surface area contributed by atoms with E-state index in [1.165, 1.54) is 12.1 Å². The quantitative estimate of drug-likeness (QED) is 0.925. The highest BCUT2D eigenvalue weighted by molar-refractivity contribution is 5.85. The molecule has 0 bridgehead atoms. The van der Waals surface area contributed by atoms with Crippen molar-refractivity contribution in [3.05, 3.63) is 42.0 Å². The first-order valence-electron chi connectivity index (χ1n) is 6.22. The fourth-order valence-corrected chi connectivity index (χ4v) is 2.30. The van der Waals surface area contributed by atoms with Gasteiger partial charge in [-0.2, -0.15) is 0 Å². The van der Waals surface area contributed by atoms with Crippen LogP contribution in [0.2, 0.25) is 0 Å². The summed E-state index contributed by atoms with van der Waals surface area (Å²) in [6.07, 6.45) is 4.15. The second-order valence-electron chi connectivity index (χ2n) is 4.59. The van der Waals surface area contributed by atoms with Crippen LogP contribution in [0.4, 0.5) is 4.39 Å². The molecule has 1 aromatic carbocycles. The highest BCUT2D eigenvalue weighted by Crippen LogP contribution is 2.23. The molecule has 0 saturated carbocycles. The Kier molecular flexibility index (Phi) is 6.39. The zero-order chi connectivity index (χ0) is 12.4. The number of nitrogens with one attached hydrogen (secondary N) is 1. The maximum Gasteiger partial charge on any atom is 0.123 e. The van der Waals surface area contributed by atoms with Crippen LogP contribution in [0.1, 0.15) is 24.5 Å². The predicted octanol–water partition coefficient (Wildman–Crippen LogP) is 2.72. The number of benzene rings is 1. The second-order valence-corrected chi connectivity index (χ2v) is 4.59. The molecule has 7 heteroatoms. The van der Waals surface area contributed by atoms with Gasteiger partial charge in [0.2, 0.25) is 0 Å². The maximum absolute atomic E-state index is 12.8. The van der Waals surface area contributed by atoms with E-state index in [1.54, 1.807) is 16.8 Å². The van der Waals surface area contributed by atoms with Crippen LogP contribution in [0.3, 0.4) is 0 Å². The SMILES string of the molecule is Cl.Cl.Fc1ccc(-n2cc(C3CCNCC3)nn2)cc1. The number of halogens is 3. The molecule has 1 N–H and O–H groups in total. The van der Waals surface area contributed by atoms with Crippen molar-refractivity contribution in [2.24, 2.45) is 0 Å². The van der Waals surface area contributed by atoms with E-state index in [0.29, 0.717) is 5.92 Å². The van der Waals surface area contributed by atoms with E-state index in [9.17, 15) is 4.39 Å². The summed E-state index contributed by atoms with van der Waals surface area (Å²) < 4.78 is 14.6. The molecule has 1 aliphatic heterocycles. The van der Waals surface area contributed by atoms with Gasteiger partial charge >= 0.3 is 0 Å². The molecule has 0 spiro atoms. The number of aromatic nitrogens is 3. The Morgan fingerprint density at radius 2 is 1.75 bits per heavy atom. The molecule has 0 atom stereocenters. The van der Waals surface area contributed by atoms with Crippen LogP contribution in [0, 0.1) is 5.82 Å². The minimum atomic E-state index is -0.238. The van der Waals surface area contributed by atoms with Crippen molar-refractivity contribution >= 4 is 24.8 Å². The number of rotatable bonds is 2. The summed E-state index contributed by atoms with van der Waals surface area (Å²) >= 11 is 0. The first-order chi connectivity index (χ1) is 8.83. The van der Waals surface area contributed by atoms with Gasteiger partial charge in [-0.1, -0.05) is 5.21 Å². The largest absolute Gasteiger partial charge is 0.317 e. The van der Waals surface area contributed by atoms with Crippen LogP contribution in [0.15, 0.2) is 30.5 Å². The minimum Gasteiger partial charge on any atom is -0.317 e. The smallest absolute Gasteiger partial charge is 0.123 e. The molecular formula is C13H17Cl2FN4. The van der Waals surface area contributed by atoms with Crippen LogP contribution in [0.5, 0.6) is 0 Å². The first-order valence-corrected chi connectivity index (χ1v) is 6.22. The van der Waals surface area contributed by atoms with Crippen LogP contribution < -0.4 is 5.32 Å². The van der Waals surface area contributed by atoms with Gasteiger partial charge in [-0.05, 0) is 50.2 Å². The Morgan fingerprint density at radius 3 is 2.40 bits per heavy atom. The Balaban J connectivity index is 0.000001000. The Bertz CT molecular complexity index is 523. The lowest BCUT2D eigenvalue weighted by atomic mass is 9.95. The number of nitrogens with zero attached hydrogens (tertiary/aromatic N) is 3. The molecule has 1 saturated heterocycles.